The molecule has 0 amide bonds. The van der Waals surface area contributed by atoms with Crippen LogP contribution in [0.2, 0.25) is 0 Å². The van der Waals surface area contributed by atoms with Gasteiger partial charge in [0.25, 0.3) is 0 Å². The molecule has 0 aliphatic heterocycles. The monoisotopic (exact) mass is 288 g/mol. The van der Waals surface area contributed by atoms with Crippen molar-refractivity contribution >= 4 is 5.82 Å². The fourth-order valence-corrected chi connectivity index (χ4v) is 1.93. The van der Waals surface area contributed by atoms with Crippen LogP contribution in [0, 0.1) is 0 Å². The molecule has 0 atom stereocenters. The molecule has 112 valence electrons. The molecule has 0 bridgehead atoms. The number of hydrogen-bond donors (Lipinski definition) is 2. The molecule has 0 saturated carbocycles. The van der Waals surface area contributed by atoms with Crippen molar-refractivity contribution in [2.75, 3.05) is 18.6 Å². The fourth-order valence-electron chi connectivity index (χ4n) is 1.93. The first-order chi connectivity index (χ1) is 10.3. The van der Waals surface area contributed by atoms with E-state index in [9.17, 15) is 0 Å². The van der Waals surface area contributed by atoms with Gasteiger partial charge in [-0.15, -0.1) is 0 Å². The second-order valence-corrected chi connectivity index (χ2v) is 4.41. The summed E-state index contributed by atoms with van der Waals surface area (Å²) in [7, 11) is 0. The summed E-state index contributed by atoms with van der Waals surface area (Å²) < 4.78 is 11.3. The lowest BCUT2D eigenvalue weighted by atomic mass is 10.2. The second-order valence-electron chi connectivity index (χ2n) is 4.41. The first kappa shape index (κ1) is 15.1. The third kappa shape index (κ3) is 4.32. The largest absolute Gasteiger partial charge is 0.490 e. The third-order valence-corrected chi connectivity index (χ3v) is 2.88. The summed E-state index contributed by atoms with van der Waals surface area (Å²) in [6, 6.07) is 9.62. The topological polar surface area (TPSA) is 82.3 Å². The maximum atomic E-state index is 5.68. The number of nitrogens with zero attached hydrogens (tertiary/aromatic N) is 2. The van der Waals surface area contributed by atoms with Crippen molar-refractivity contribution < 1.29 is 9.47 Å². The van der Waals surface area contributed by atoms with Gasteiger partial charge in [0.2, 0.25) is 5.88 Å². The molecular formula is C15H20N4O2. The predicted molar refractivity (Wildman–Crippen MR) is 81.3 cm³/mol. The van der Waals surface area contributed by atoms with Crippen LogP contribution < -0.4 is 20.7 Å². The Morgan fingerprint density at radius 3 is 2.57 bits per heavy atom. The number of ether oxygens (including phenoxy) is 2. The Balaban J connectivity index is 1.90. The van der Waals surface area contributed by atoms with Gasteiger partial charge >= 0.3 is 0 Å². The Kier molecular flexibility index (Phi) is 5.78. The predicted octanol–water partition coefficient (Wildman–Crippen LogP) is 2.17. The highest BCUT2D eigenvalue weighted by atomic mass is 16.5. The SMILES string of the molecule is CCCc1c(NN)ncnc1OCCOc1ccccc1. The Labute approximate surface area is 124 Å². The highest BCUT2D eigenvalue weighted by Crippen LogP contribution is 2.22. The molecule has 1 aromatic heterocycles. The van der Waals surface area contributed by atoms with Crippen LogP contribution in [0.4, 0.5) is 5.82 Å². The number of hydrazine groups is 1. The van der Waals surface area contributed by atoms with Gasteiger partial charge < -0.3 is 14.9 Å². The maximum absolute atomic E-state index is 5.68. The van der Waals surface area contributed by atoms with E-state index in [0.29, 0.717) is 24.9 Å². The number of para-hydroxylation sites is 1. The zero-order valence-electron chi connectivity index (χ0n) is 12.1. The van der Waals surface area contributed by atoms with E-state index < -0.39 is 0 Å². The number of rotatable bonds is 8. The van der Waals surface area contributed by atoms with Gasteiger partial charge in [0, 0.05) is 0 Å². The summed E-state index contributed by atoms with van der Waals surface area (Å²) >= 11 is 0. The molecule has 0 spiro atoms. The minimum atomic E-state index is 0.409. The Morgan fingerprint density at radius 2 is 1.86 bits per heavy atom. The van der Waals surface area contributed by atoms with Gasteiger partial charge in [-0.3, -0.25) is 0 Å². The van der Waals surface area contributed by atoms with Crippen LogP contribution in [0.5, 0.6) is 11.6 Å². The number of anilines is 1. The number of nitrogens with one attached hydrogen (secondary N) is 1. The molecule has 0 unspecified atom stereocenters. The van der Waals surface area contributed by atoms with Crippen molar-refractivity contribution in [3.05, 3.63) is 42.2 Å². The lowest BCUT2D eigenvalue weighted by Gasteiger charge is -2.13. The Bertz CT molecular complexity index is 549. The van der Waals surface area contributed by atoms with Crippen LogP contribution in [0.25, 0.3) is 0 Å². The van der Waals surface area contributed by atoms with Crippen LogP contribution in [-0.2, 0) is 6.42 Å². The maximum Gasteiger partial charge on any atom is 0.221 e. The molecule has 6 heteroatoms. The molecule has 0 fully saturated rings. The highest BCUT2D eigenvalue weighted by molar-refractivity contribution is 5.47. The van der Waals surface area contributed by atoms with Crippen molar-refractivity contribution in [3.63, 3.8) is 0 Å². The first-order valence-electron chi connectivity index (χ1n) is 6.96. The molecule has 21 heavy (non-hydrogen) atoms. The molecule has 0 aliphatic rings. The van der Waals surface area contributed by atoms with Crippen LogP contribution in [-0.4, -0.2) is 23.2 Å². The lowest BCUT2D eigenvalue weighted by molar-refractivity contribution is 0.210. The zero-order valence-corrected chi connectivity index (χ0v) is 12.1. The summed E-state index contributed by atoms with van der Waals surface area (Å²) in [5, 5.41) is 0. The van der Waals surface area contributed by atoms with Crippen molar-refractivity contribution in [2.24, 2.45) is 5.84 Å². The van der Waals surface area contributed by atoms with Crippen molar-refractivity contribution in [2.45, 2.75) is 19.8 Å². The van der Waals surface area contributed by atoms with E-state index in [4.69, 9.17) is 15.3 Å². The minimum Gasteiger partial charge on any atom is -0.490 e. The van der Waals surface area contributed by atoms with E-state index in [-0.39, 0.29) is 0 Å². The number of nitrogen functional groups attached to an aromatic ring is 1. The summed E-state index contributed by atoms with van der Waals surface area (Å²) in [6.45, 7) is 2.94. The zero-order chi connectivity index (χ0) is 14.9. The molecule has 0 radical (unpaired) electrons. The summed E-state index contributed by atoms with van der Waals surface area (Å²) in [4.78, 5) is 8.26. The van der Waals surface area contributed by atoms with E-state index in [2.05, 4.69) is 22.3 Å². The fraction of sp³-hybridized carbons (Fsp3) is 0.333. The van der Waals surface area contributed by atoms with Gasteiger partial charge in [-0.1, -0.05) is 31.5 Å². The first-order valence-corrected chi connectivity index (χ1v) is 6.96. The van der Waals surface area contributed by atoms with Crippen LogP contribution in [0.15, 0.2) is 36.7 Å². The summed E-state index contributed by atoms with van der Waals surface area (Å²) in [5.41, 5.74) is 3.47. The molecular weight excluding hydrogens is 268 g/mol. The van der Waals surface area contributed by atoms with Gasteiger partial charge in [-0.2, -0.15) is 0 Å². The molecule has 1 aromatic carbocycles. The molecule has 2 aromatic rings. The van der Waals surface area contributed by atoms with Gasteiger partial charge in [0.05, 0.1) is 5.56 Å². The molecule has 6 nitrogen and oxygen atoms in total. The third-order valence-electron chi connectivity index (χ3n) is 2.88. The van der Waals surface area contributed by atoms with E-state index in [1.54, 1.807) is 0 Å². The average Bonchev–Trinajstić information content (AvgIpc) is 2.54. The quantitative estimate of drug-likeness (QED) is 0.440. The van der Waals surface area contributed by atoms with E-state index in [1.165, 1.54) is 6.33 Å². The highest BCUT2D eigenvalue weighted by Gasteiger charge is 2.11. The van der Waals surface area contributed by atoms with Crippen molar-refractivity contribution in [1.29, 1.82) is 0 Å². The van der Waals surface area contributed by atoms with E-state index >= 15 is 0 Å². The molecule has 3 N–H and O–H groups in total. The average molecular weight is 288 g/mol. The van der Waals surface area contributed by atoms with Gasteiger partial charge in [-0.05, 0) is 18.6 Å². The van der Waals surface area contributed by atoms with Gasteiger partial charge in [0.15, 0.2) is 0 Å². The van der Waals surface area contributed by atoms with Gasteiger partial charge in [-0.25, -0.2) is 15.8 Å². The van der Waals surface area contributed by atoms with E-state index in [0.717, 1.165) is 24.2 Å². The number of nitrogens with two attached hydrogens (primary N) is 1. The Hall–Kier alpha value is -2.34. The molecule has 0 saturated heterocycles. The minimum absolute atomic E-state index is 0.409. The second kappa shape index (κ2) is 8.06. The standard InChI is InChI=1S/C15H20N4O2/c1-2-6-13-14(19-16)17-11-18-15(13)21-10-9-20-12-7-4-3-5-8-12/h3-5,7-8,11H,2,6,9-10,16H2,1H3,(H,17,18,19). The van der Waals surface area contributed by atoms with Crippen LogP contribution >= 0.6 is 0 Å². The normalized spacial score (nSPS) is 10.2. The van der Waals surface area contributed by atoms with Gasteiger partial charge in [0.1, 0.15) is 31.1 Å². The number of benzene rings is 1. The lowest BCUT2D eigenvalue weighted by Crippen LogP contribution is -2.15. The van der Waals surface area contributed by atoms with Crippen molar-refractivity contribution in [3.8, 4) is 11.6 Å². The molecule has 1 heterocycles. The smallest absolute Gasteiger partial charge is 0.221 e. The summed E-state index contributed by atoms with van der Waals surface area (Å²) in [6.07, 6.45) is 3.19. The molecule has 0 aliphatic carbocycles. The van der Waals surface area contributed by atoms with Crippen molar-refractivity contribution in [1.82, 2.24) is 9.97 Å². The number of aromatic nitrogens is 2. The van der Waals surface area contributed by atoms with Crippen LogP contribution in [0.3, 0.4) is 0 Å². The Morgan fingerprint density at radius 1 is 1.10 bits per heavy atom. The summed E-state index contributed by atoms with van der Waals surface area (Å²) in [5.74, 6) is 7.44. The molecule has 2 rings (SSSR count). The number of hydrogen-bond acceptors (Lipinski definition) is 6. The van der Waals surface area contributed by atoms with E-state index in [1.807, 2.05) is 30.3 Å². The van der Waals surface area contributed by atoms with Crippen LogP contribution in [0.1, 0.15) is 18.9 Å².